The first-order valence-corrected chi connectivity index (χ1v) is 8.31. The van der Waals surface area contributed by atoms with Crippen LogP contribution in [0.25, 0.3) is 0 Å². The molecule has 5 heteroatoms. The second-order valence-electron chi connectivity index (χ2n) is 4.54. The first-order chi connectivity index (χ1) is 7.39. The molecule has 0 N–H and O–H groups in total. The fourth-order valence-corrected chi connectivity index (χ4v) is 4.75. The van der Waals surface area contributed by atoms with Crippen molar-refractivity contribution in [1.82, 2.24) is 0 Å². The van der Waals surface area contributed by atoms with Gasteiger partial charge in [0.2, 0.25) is 6.08 Å². The average Bonchev–Trinajstić information content (AvgIpc) is 2.09. The smallest absolute Gasteiger partial charge is 0.335 e. The molecule has 0 aromatic rings. The minimum absolute atomic E-state index is 0.171. The van der Waals surface area contributed by atoms with E-state index in [1.54, 1.807) is 6.08 Å². The van der Waals surface area contributed by atoms with Crippen molar-refractivity contribution in [3.63, 3.8) is 0 Å². The summed E-state index contributed by atoms with van der Waals surface area (Å²) in [7, 11) is -2.12. The van der Waals surface area contributed by atoms with Crippen molar-refractivity contribution in [2.24, 2.45) is 4.99 Å². The van der Waals surface area contributed by atoms with Crippen LogP contribution >= 0.6 is 0 Å². The van der Waals surface area contributed by atoms with Gasteiger partial charge in [0.1, 0.15) is 0 Å². The molecule has 0 aliphatic rings. The quantitative estimate of drug-likeness (QED) is 0.286. The maximum absolute atomic E-state index is 9.94. The third kappa shape index (κ3) is 7.76. The molecule has 4 nitrogen and oxygen atoms in total. The van der Waals surface area contributed by atoms with Crippen molar-refractivity contribution in [3.05, 3.63) is 0 Å². The summed E-state index contributed by atoms with van der Waals surface area (Å²) in [4.78, 5) is 13.5. The number of rotatable bonds is 8. The van der Waals surface area contributed by atoms with Crippen LogP contribution in [0.3, 0.4) is 0 Å². The molecule has 0 fully saturated rings. The van der Waals surface area contributed by atoms with Crippen LogP contribution in [0.2, 0.25) is 12.6 Å². The van der Waals surface area contributed by atoms with E-state index >= 15 is 0 Å². The summed E-state index contributed by atoms with van der Waals surface area (Å²) in [5, 5.41) is 0. The lowest BCUT2D eigenvalue weighted by Crippen LogP contribution is -2.43. The topological polar surface area (TPSA) is 47.9 Å². The lowest BCUT2D eigenvalue weighted by atomic mass is 10.5. The molecular weight excluding hydrogens is 222 g/mol. The second kappa shape index (κ2) is 7.74. The van der Waals surface area contributed by atoms with Gasteiger partial charge in [-0.15, -0.1) is 0 Å². The summed E-state index contributed by atoms with van der Waals surface area (Å²) in [5.74, 6) is 0. The van der Waals surface area contributed by atoms with Crippen molar-refractivity contribution in [3.8, 4) is 0 Å². The van der Waals surface area contributed by atoms with Crippen molar-refractivity contribution >= 4 is 14.6 Å². The minimum atomic E-state index is -2.12. The number of nitrogens with zero attached hydrogens (tertiary/aromatic N) is 1. The molecule has 0 aliphatic carbocycles. The van der Waals surface area contributed by atoms with E-state index in [0.29, 0.717) is 6.54 Å². The van der Waals surface area contributed by atoms with Gasteiger partial charge in [-0.05, 0) is 46.7 Å². The van der Waals surface area contributed by atoms with Gasteiger partial charge in [-0.2, -0.15) is 0 Å². The van der Waals surface area contributed by atoms with Crippen molar-refractivity contribution < 1.29 is 13.6 Å². The summed E-state index contributed by atoms with van der Waals surface area (Å²) < 4.78 is 11.8. The van der Waals surface area contributed by atoms with E-state index in [1.807, 2.05) is 27.7 Å². The summed E-state index contributed by atoms with van der Waals surface area (Å²) in [6, 6.07) is 0.856. The Hall–Kier alpha value is -0.483. The molecule has 0 rings (SSSR count). The molecule has 0 bridgehead atoms. The van der Waals surface area contributed by atoms with Crippen LogP contribution < -0.4 is 0 Å². The summed E-state index contributed by atoms with van der Waals surface area (Å²) >= 11 is 0. The molecule has 0 saturated heterocycles. The third-order valence-corrected chi connectivity index (χ3v) is 5.14. The van der Waals surface area contributed by atoms with Crippen LogP contribution in [0.4, 0.5) is 0 Å². The Bertz CT molecular complexity index is 227. The standard InChI is InChI=1S/C11H23NO3Si/c1-10(2)14-16(5,15-11(3)4)8-6-7-12-9-13/h10-11H,6-8H2,1-5H3. The molecule has 0 radical (unpaired) electrons. The molecule has 0 unspecified atom stereocenters. The highest BCUT2D eigenvalue weighted by Gasteiger charge is 2.33. The molecule has 0 aromatic heterocycles. The van der Waals surface area contributed by atoms with Crippen molar-refractivity contribution in [2.45, 2.75) is 58.9 Å². The molecule has 0 aliphatic heterocycles. The van der Waals surface area contributed by atoms with Gasteiger partial charge >= 0.3 is 8.56 Å². The highest BCUT2D eigenvalue weighted by Crippen LogP contribution is 2.19. The highest BCUT2D eigenvalue weighted by atomic mass is 28.4. The summed E-state index contributed by atoms with van der Waals surface area (Å²) in [5.41, 5.74) is 0. The molecule has 94 valence electrons. The zero-order chi connectivity index (χ0) is 12.6. The zero-order valence-corrected chi connectivity index (χ0v) is 11.9. The Balaban J connectivity index is 4.22. The Morgan fingerprint density at radius 1 is 1.19 bits per heavy atom. The lowest BCUT2D eigenvalue weighted by Gasteiger charge is -2.30. The van der Waals surface area contributed by atoms with E-state index in [4.69, 9.17) is 8.85 Å². The number of aliphatic imine (C=N–C) groups is 1. The van der Waals surface area contributed by atoms with Crippen molar-refractivity contribution in [2.75, 3.05) is 6.54 Å². The number of hydrogen-bond donors (Lipinski definition) is 0. The zero-order valence-electron chi connectivity index (χ0n) is 10.9. The van der Waals surface area contributed by atoms with E-state index in [2.05, 4.69) is 11.5 Å². The Morgan fingerprint density at radius 3 is 2.06 bits per heavy atom. The maximum atomic E-state index is 9.94. The molecule has 0 spiro atoms. The van der Waals surface area contributed by atoms with Gasteiger partial charge in [-0.1, -0.05) is 0 Å². The molecule has 16 heavy (non-hydrogen) atoms. The normalized spacial score (nSPS) is 11.9. The summed E-state index contributed by atoms with van der Waals surface area (Å²) in [6.45, 7) is 10.6. The second-order valence-corrected chi connectivity index (χ2v) is 7.78. The molecular formula is C11H23NO3Si. The fourth-order valence-electron chi connectivity index (χ4n) is 1.67. The molecule has 0 amide bonds. The van der Waals surface area contributed by atoms with Crippen LogP contribution in [0.5, 0.6) is 0 Å². The highest BCUT2D eigenvalue weighted by molar-refractivity contribution is 6.66. The molecule has 0 aromatic carbocycles. The SMILES string of the molecule is CC(C)O[Si](C)(CCCN=C=O)OC(C)C. The van der Waals surface area contributed by atoms with Gasteiger partial charge in [-0.3, -0.25) is 0 Å². The predicted molar refractivity (Wildman–Crippen MR) is 66.5 cm³/mol. The van der Waals surface area contributed by atoms with Gasteiger partial charge in [0.15, 0.2) is 0 Å². The number of carbonyl (C=O) groups excluding carboxylic acids is 1. The van der Waals surface area contributed by atoms with E-state index in [0.717, 1.165) is 12.5 Å². The first-order valence-electron chi connectivity index (χ1n) is 5.79. The molecule has 0 saturated carbocycles. The van der Waals surface area contributed by atoms with Gasteiger partial charge < -0.3 is 8.85 Å². The largest absolute Gasteiger partial charge is 0.392 e. The van der Waals surface area contributed by atoms with Crippen LogP contribution in [0.1, 0.15) is 34.1 Å². The lowest BCUT2D eigenvalue weighted by molar-refractivity contribution is 0.109. The van der Waals surface area contributed by atoms with Gasteiger partial charge in [0.25, 0.3) is 0 Å². The van der Waals surface area contributed by atoms with E-state index < -0.39 is 8.56 Å². The van der Waals surface area contributed by atoms with Crippen LogP contribution in [-0.2, 0) is 13.6 Å². The van der Waals surface area contributed by atoms with Crippen LogP contribution in [0.15, 0.2) is 4.99 Å². The summed E-state index contributed by atoms with van der Waals surface area (Å²) in [6.07, 6.45) is 2.70. The maximum Gasteiger partial charge on any atom is 0.335 e. The monoisotopic (exact) mass is 245 g/mol. The fraction of sp³-hybridized carbons (Fsp3) is 0.909. The van der Waals surface area contributed by atoms with Gasteiger partial charge in [-0.25, -0.2) is 9.79 Å². The first kappa shape index (κ1) is 15.5. The van der Waals surface area contributed by atoms with Gasteiger partial charge in [0.05, 0.1) is 6.54 Å². The van der Waals surface area contributed by atoms with Gasteiger partial charge in [0, 0.05) is 12.2 Å². The predicted octanol–water partition coefficient (Wildman–Crippen LogP) is 2.63. The molecule has 0 heterocycles. The average molecular weight is 245 g/mol. The Kier molecular flexibility index (Phi) is 7.50. The Labute approximate surface area is 99.3 Å². The van der Waals surface area contributed by atoms with Crippen LogP contribution in [-0.4, -0.2) is 33.4 Å². The van der Waals surface area contributed by atoms with E-state index in [-0.39, 0.29) is 12.2 Å². The molecule has 0 atom stereocenters. The van der Waals surface area contributed by atoms with Crippen LogP contribution in [0, 0.1) is 0 Å². The minimum Gasteiger partial charge on any atom is -0.392 e. The Morgan fingerprint density at radius 2 is 1.69 bits per heavy atom. The van der Waals surface area contributed by atoms with E-state index in [1.165, 1.54) is 0 Å². The number of hydrogen-bond acceptors (Lipinski definition) is 4. The van der Waals surface area contributed by atoms with Crippen molar-refractivity contribution in [1.29, 1.82) is 0 Å². The van der Waals surface area contributed by atoms with E-state index in [9.17, 15) is 4.79 Å². The third-order valence-electron chi connectivity index (χ3n) is 1.94. The number of isocyanates is 1.